The molecule has 0 aliphatic rings. The van der Waals surface area contributed by atoms with Gasteiger partial charge in [-0.05, 0) is 18.2 Å². The van der Waals surface area contributed by atoms with Gasteiger partial charge in [0.15, 0.2) is 0 Å². The minimum absolute atomic E-state index is 0.111. The third-order valence-electron chi connectivity index (χ3n) is 1.92. The van der Waals surface area contributed by atoms with Crippen LogP contribution in [0.5, 0.6) is 5.88 Å². The Labute approximate surface area is 79.4 Å². The highest BCUT2D eigenvalue weighted by molar-refractivity contribution is 5.93. The maximum atomic E-state index is 10.6. The predicted octanol–water partition coefficient (Wildman–Crippen LogP) is 1.64. The number of carboxylic acid groups (broad SMARTS) is 1. The fourth-order valence-corrected chi connectivity index (χ4v) is 1.24. The van der Waals surface area contributed by atoms with Crippen LogP contribution >= 0.6 is 0 Å². The molecule has 0 atom stereocenters. The van der Waals surface area contributed by atoms with Crippen molar-refractivity contribution in [3.63, 3.8) is 0 Å². The number of fused-ring (bicyclic) bond motifs is 1. The van der Waals surface area contributed by atoms with Gasteiger partial charge in [0, 0.05) is 11.5 Å². The monoisotopic (exact) mass is 189 g/mol. The second kappa shape index (κ2) is 2.99. The number of pyridine rings is 1. The van der Waals surface area contributed by atoms with Crippen molar-refractivity contribution < 1.29 is 15.0 Å². The second-order valence-electron chi connectivity index (χ2n) is 2.88. The minimum atomic E-state index is -1.00. The number of hydrogen-bond donors (Lipinski definition) is 2. The average molecular weight is 189 g/mol. The molecule has 70 valence electrons. The van der Waals surface area contributed by atoms with Crippen molar-refractivity contribution in [2.45, 2.75) is 0 Å². The van der Waals surface area contributed by atoms with Crippen molar-refractivity contribution >= 4 is 16.9 Å². The first-order valence-corrected chi connectivity index (χ1v) is 4.00. The first-order valence-electron chi connectivity index (χ1n) is 4.00. The van der Waals surface area contributed by atoms with Crippen LogP contribution in [0.1, 0.15) is 10.4 Å². The molecule has 0 bridgehead atoms. The van der Waals surface area contributed by atoms with E-state index in [1.54, 1.807) is 12.1 Å². The number of nitrogens with zero attached hydrogens (tertiary/aromatic N) is 1. The van der Waals surface area contributed by atoms with Gasteiger partial charge in [0.25, 0.3) is 0 Å². The Morgan fingerprint density at radius 2 is 1.93 bits per heavy atom. The highest BCUT2D eigenvalue weighted by Gasteiger charge is 2.04. The normalized spacial score (nSPS) is 10.3. The Kier molecular flexibility index (Phi) is 1.81. The quantitative estimate of drug-likeness (QED) is 0.715. The van der Waals surface area contributed by atoms with Crippen LogP contribution in [-0.4, -0.2) is 21.2 Å². The molecule has 0 radical (unpaired) electrons. The van der Waals surface area contributed by atoms with E-state index >= 15 is 0 Å². The number of aromatic carboxylic acids is 1. The Balaban J connectivity index is 2.69. The predicted molar refractivity (Wildman–Crippen MR) is 50.4 cm³/mol. The zero-order valence-electron chi connectivity index (χ0n) is 7.14. The summed E-state index contributed by atoms with van der Waals surface area (Å²) >= 11 is 0. The summed E-state index contributed by atoms with van der Waals surface area (Å²) in [6.07, 6.45) is 0. The van der Waals surface area contributed by atoms with Crippen LogP contribution in [0.3, 0.4) is 0 Å². The second-order valence-corrected chi connectivity index (χ2v) is 2.88. The largest absolute Gasteiger partial charge is 0.493 e. The molecule has 2 aromatic rings. The smallest absolute Gasteiger partial charge is 0.335 e. The number of rotatable bonds is 1. The van der Waals surface area contributed by atoms with E-state index in [0.29, 0.717) is 5.52 Å². The first-order chi connectivity index (χ1) is 6.66. The van der Waals surface area contributed by atoms with Crippen LogP contribution in [0.2, 0.25) is 0 Å². The van der Waals surface area contributed by atoms with Crippen LogP contribution in [0, 0.1) is 0 Å². The van der Waals surface area contributed by atoms with Gasteiger partial charge in [0.1, 0.15) is 0 Å². The maximum Gasteiger partial charge on any atom is 0.335 e. The summed E-state index contributed by atoms with van der Waals surface area (Å²) in [5, 5.41) is 18.6. The van der Waals surface area contributed by atoms with Gasteiger partial charge in [-0.25, -0.2) is 9.78 Å². The Hall–Kier alpha value is -2.10. The van der Waals surface area contributed by atoms with E-state index in [2.05, 4.69) is 4.98 Å². The number of hydrogen-bond acceptors (Lipinski definition) is 3. The summed E-state index contributed by atoms with van der Waals surface area (Å²) in [5.74, 6) is -1.11. The molecule has 0 aliphatic carbocycles. The third-order valence-corrected chi connectivity index (χ3v) is 1.92. The number of benzene rings is 1. The van der Waals surface area contributed by atoms with Crippen LogP contribution in [-0.2, 0) is 0 Å². The lowest BCUT2D eigenvalue weighted by Gasteiger charge is -1.99. The van der Waals surface area contributed by atoms with Crippen LogP contribution in [0.15, 0.2) is 30.3 Å². The van der Waals surface area contributed by atoms with E-state index in [4.69, 9.17) is 10.2 Å². The SMILES string of the molecule is O=C(O)c1ccc2ccc(O)nc2c1. The van der Waals surface area contributed by atoms with Gasteiger partial charge in [-0.15, -0.1) is 0 Å². The van der Waals surface area contributed by atoms with Gasteiger partial charge in [-0.1, -0.05) is 6.07 Å². The Morgan fingerprint density at radius 3 is 2.64 bits per heavy atom. The lowest BCUT2D eigenvalue weighted by Crippen LogP contribution is -1.95. The summed E-state index contributed by atoms with van der Waals surface area (Å²) in [5.41, 5.74) is 0.639. The molecule has 1 aromatic heterocycles. The van der Waals surface area contributed by atoms with E-state index < -0.39 is 5.97 Å². The molecule has 1 heterocycles. The molecule has 14 heavy (non-hydrogen) atoms. The summed E-state index contributed by atoms with van der Waals surface area (Å²) in [4.78, 5) is 14.5. The number of aromatic hydroxyl groups is 1. The van der Waals surface area contributed by atoms with Crippen LogP contribution < -0.4 is 0 Å². The van der Waals surface area contributed by atoms with Crippen molar-refractivity contribution in [1.29, 1.82) is 0 Å². The summed E-state index contributed by atoms with van der Waals surface area (Å²) in [6, 6.07) is 7.73. The Bertz CT molecular complexity index is 508. The van der Waals surface area contributed by atoms with Crippen molar-refractivity contribution in [2.75, 3.05) is 0 Å². The maximum absolute atomic E-state index is 10.6. The number of aromatic nitrogens is 1. The molecule has 4 nitrogen and oxygen atoms in total. The topological polar surface area (TPSA) is 70.4 Å². The molecule has 0 amide bonds. The summed E-state index contributed by atoms with van der Waals surface area (Å²) < 4.78 is 0. The standard InChI is InChI=1S/C10H7NO3/c12-9-4-3-6-1-2-7(10(13)14)5-8(6)11-9/h1-5H,(H,11,12)(H,13,14). The fraction of sp³-hybridized carbons (Fsp3) is 0. The molecule has 0 saturated carbocycles. The molecular weight excluding hydrogens is 182 g/mol. The van der Waals surface area contributed by atoms with E-state index in [1.165, 1.54) is 18.2 Å². The van der Waals surface area contributed by atoms with E-state index in [1.807, 2.05) is 0 Å². The highest BCUT2D eigenvalue weighted by atomic mass is 16.4. The van der Waals surface area contributed by atoms with Crippen molar-refractivity contribution in [2.24, 2.45) is 0 Å². The van der Waals surface area contributed by atoms with E-state index in [0.717, 1.165) is 5.39 Å². The molecule has 0 spiro atoms. The van der Waals surface area contributed by atoms with E-state index in [-0.39, 0.29) is 11.4 Å². The third kappa shape index (κ3) is 1.37. The molecular formula is C10H7NO3. The van der Waals surface area contributed by atoms with Crippen LogP contribution in [0.25, 0.3) is 10.9 Å². The lowest BCUT2D eigenvalue weighted by molar-refractivity contribution is 0.0697. The van der Waals surface area contributed by atoms with Crippen LogP contribution in [0.4, 0.5) is 0 Å². The lowest BCUT2D eigenvalue weighted by atomic mass is 10.1. The summed E-state index contributed by atoms with van der Waals surface area (Å²) in [7, 11) is 0. The van der Waals surface area contributed by atoms with E-state index in [9.17, 15) is 4.79 Å². The van der Waals surface area contributed by atoms with Gasteiger partial charge < -0.3 is 10.2 Å². The molecule has 0 aliphatic heterocycles. The van der Waals surface area contributed by atoms with Gasteiger partial charge in [0.05, 0.1) is 11.1 Å². The molecule has 2 N–H and O–H groups in total. The molecule has 2 rings (SSSR count). The Morgan fingerprint density at radius 1 is 1.21 bits per heavy atom. The zero-order valence-corrected chi connectivity index (χ0v) is 7.14. The zero-order chi connectivity index (χ0) is 10.1. The van der Waals surface area contributed by atoms with Crippen molar-refractivity contribution in [3.8, 4) is 5.88 Å². The van der Waals surface area contributed by atoms with Gasteiger partial charge >= 0.3 is 5.97 Å². The van der Waals surface area contributed by atoms with Crippen molar-refractivity contribution in [1.82, 2.24) is 4.98 Å². The molecule has 0 fully saturated rings. The fourth-order valence-electron chi connectivity index (χ4n) is 1.24. The molecule has 1 aromatic carbocycles. The molecule has 4 heteroatoms. The minimum Gasteiger partial charge on any atom is -0.493 e. The number of carbonyl (C=O) groups is 1. The molecule has 0 saturated heterocycles. The average Bonchev–Trinajstić information content (AvgIpc) is 2.16. The van der Waals surface area contributed by atoms with Gasteiger partial charge in [-0.2, -0.15) is 0 Å². The van der Waals surface area contributed by atoms with Gasteiger partial charge in [0.2, 0.25) is 5.88 Å². The highest BCUT2D eigenvalue weighted by Crippen LogP contribution is 2.17. The summed E-state index contributed by atoms with van der Waals surface area (Å²) in [6.45, 7) is 0. The van der Waals surface area contributed by atoms with Gasteiger partial charge in [-0.3, -0.25) is 0 Å². The van der Waals surface area contributed by atoms with Crippen molar-refractivity contribution in [3.05, 3.63) is 35.9 Å². The first kappa shape index (κ1) is 8.50. The molecule has 0 unspecified atom stereocenters. The number of carboxylic acids is 1.